The van der Waals surface area contributed by atoms with E-state index in [-0.39, 0.29) is 61.4 Å². The first-order valence-electron chi connectivity index (χ1n) is 23.6. The molecule has 2 aromatic heterocycles. The molecule has 0 radical (unpaired) electrons. The number of thiazole rings is 1. The zero-order valence-electron chi connectivity index (χ0n) is 37.5. The van der Waals surface area contributed by atoms with Gasteiger partial charge in [-0.1, -0.05) is 61.7 Å². The first kappa shape index (κ1) is 44.8. The van der Waals surface area contributed by atoms with Gasteiger partial charge in [0.15, 0.2) is 10.9 Å². The van der Waals surface area contributed by atoms with Crippen LogP contribution in [-0.2, 0) is 25.1 Å². The number of pyridine rings is 1. The van der Waals surface area contributed by atoms with E-state index in [0.29, 0.717) is 59.5 Å². The quantitative estimate of drug-likeness (QED) is 0.0981. The second-order valence-electron chi connectivity index (χ2n) is 19.8. The fourth-order valence-corrected chi connectivity index (χ4v) is 14.8. The third kappa shape index (κ3) is 9.61. The van der Waals surface area contributed by atoms with Crippen LogP contribution in [0.15, 0.2) is 72.1 Å². The minimum absolute atomic E-state index is 0.0203. The number of nitrogens with one attached hydrogen (secondary N) is 1. The Bertz CT molecular complexity index is 2440. The number of hydrogen-bond acceptors (Lipinski definition) is 10. The number of amides is 1. The highest BCUT2D eigenvalue weighted by atomic mass is 32.1. The molecule has 4 aromatic rings. The first-order chi connectivity index (χ1) is 30.9. The van der Waals surface area contributed by atoms with Crippen molar-refractivity contribution in [3.05, 3.63) is 77.7 Å². The van der Waals surface area contributed by atoms with Gasteiger partial charge in [-0.2, -0.15) is 0 Å². The summed E-state index contributed by atoms with van der Waals surface area (Å²) in [5.41, 5.74) is 2.72. The van der Waals surface area contributed by atoms with E-state index in [9.17, 15) is 14.3 Å². The van der Waals surface area contributed by atoms with Gasteiger partial charge >= 0.3 is 0 Å². The van der Waals surface area contributed by atoms with Crippen molar-refractivity contribution >= 4 is 52.2 Å². The van der Waals surface area contributed by atoms with Crippen LogP contribution >= 0.6 is 18.7 Å². The lowest BCUT2D eigenvalue weighted by Gasteiger charge is -2.30. The van der Waals surface area contributed by atoms with Crippen LogP contribution in [0.2, 0.25) is 0 Å². The molecule has 9 rings (SSSR count). The van der Waals surface area contributed by atoms with Crippen molar-refractivity contribution in [3.63, 3.8) is 0 Å². The van der Waals surface area contributed by atoms with Crippen LogP contribution in [0.25, 0.3) is 22.3 Å². The van der Waals surface area contributed by atoms with Crippen LogP contribution in [0.1, 0.15) is 109 Å². The van der Waals surface area contributed by atoms with Gasteiger partial charge in [0.05, 0.1) is 42.2 Å². The van der Waals surface area contributed by atoms with Crippen molar-refractivity contribution in [1.82, 2.24) is 14.9 Å². The zero-order chi connectivity index (χ0) is 44.6. The largest absolute Gasteiger partial charge is 0.497 e. The summed E-state index contributed by atoms with van der Waals surface area (Å²) >= 11 is 1.50. The van der Waals surface area contributed by atoms with E-state index in [1.165, 1.54) is 30.6 Å². The Morgan fingerprint density at radius 1 is 1.00 bits per heavy atom. The Morgan fingerprint density at radius 3 is 2.61 bits per heavy atom. The molecule has 2 aromatic carbocycles. The number of carbonyl (C=O) groups is 3. The van der Waals surface area contributed by atoms with Crippen LogP contribution in [0.4, 0.5) is 5.13 Å². The van der Waals surface area contributed by atoms with Crippen LogP contribution in [0.5, 0.6) is 11.5 Å². The van der Waals surface area contributed by atoms with Gasteiger partial charge in [-0.05, 0) is 100 Å². The van der Waals surface area contributed by atoms with Gasteiger partial charge in [-0.15, -0.1) is 11.3 Å². The maximum Gasteiger partial charge on any atom is 0.226 e. The first-order valence-corrected chi connectivity index (χ1v) is 26.4. The molecule has 2 N–H and O–H groups in total. The molecule has 2 aliphatic heterocycles. The molecule has 5 aliphatic rings. The number of ketones is 2. The number of nitrogens with zero attached hydrogens (tertiary/aromatic N) is 3. The molecule has 3 aliphatic carbocycles. The van der Waals surface area contributed by atoms with E-state index in [1.807, 2.05) is 60.0 Å². The SMILES string of the molecule is COc1ccc2c(O[C@@H]3C[C@H]4C(=O)C[C@]5(P(=O)(O)Cc6ccccc6)C[C@H]5/C=C\CCCCCC(CC(=O)CC5CC6CCC5C6)C(=O)N4C3)cc(-c3csc(NC(C)C)n3)nc2c1. The second kappa shape index (κ2) is 18.8. The molecule has 3 saturated carbocycles. The molecular weight excluding hydrogens is 844 g/mol. The average Bonchev–Trinajstić information content (AvgIpc) is 3.80. The van der Waals surface area contributed by atoms with Gasteiger partial charge in [0.1, 0.15) is 29.1 Å². The summed E-state index contributed by atoms with van der Waals surface area (Å²) < 4.78 is 27.1. The summed E-state index contributed by atoms with van der Waals surface area (Å²) in [6.45, 7) is 4.27. The number of rotatable bonds is 13. The summed E-state index contributed by atoms with van der Waals surface area (Å²) in [7, 11) is -2.31. The number of benzene rings is 2. The maximum atomic E-state index is 15.1. The van der Waals surface area contributed by atoms with Crippen molar-refractivity contribution in [2.45, 2.75) is 133 Å². The van der Waals surface area contributed by atoms with E-state index in [4.69, 9.17) is 19.4 Å². The lowest BCUT2D eigenvalue weighted by atomic mass is 9.83. The van der Waals surface area contributed by atoms with E-state index in [1.54, 1.807) is 12.0 Å². The van der Waals surface area contributed by atoms with E-state index >= 15 is 9.59 Å². The van der Waals surface area contributed by atoms with E-state index < -0.39 is 30.6 Å². The van der Waals surface area contributed by atoms with Gasteiger partial charge < -0.3 is 24.6 Å². The van der Waals surface area contributed by atoms with Gasteiger partial charge in [0.25, 0.3) is 0 Å². The van der Waals surface area contributed by atoms with Crippen molar-refractivity contribution in [2.24, 2.45) is 29.6 Å². The highest BCUT2D eigenvalue weighted by Gasteiger charge is 2.65. The Hall–Kier alpha value is -4.38. The molecule has 9 atom stereocenters. The number of carbonyl (C=O) groups excluding carboxylic acids is 3. The summed E-state index contributed by atoms with van der Waals surface area (Å²) in [6, 6.07) is 16.2. The highest BCUT2D eigenvalue weighted by Crippen LogP contribution is 2.74. The predicted octanol–water partition coefficient (Wildman–Crippen LogP) is 10.6. The van der Waals surface area contributed by atoms with E-state index in [0.717, 1.165) is 54.1 Å². The molecule has 1 saturated heterocycles. The maximum absolute atomic E-state index is 15.1. The number of allylic oxidation sites excluding steroid dienone is 2. The van der Waals surface area contributed by atoms with Crippen molar-refractivity contribution in [2.75, 3.05) is 19.0 Å². The number of ether oxygens (including phenoxy) is 2. The van der Waals surface area contributed by atoms with Crippen LogP contribution in [0.3, 0.4) is 0 Å². The summed E-state index contributed by atoms with van der Waals surface area (Å²) in [4.78, 5) is 67.6. The molecule has 4 heterocycles. The lowest BCUT2D eigenvalue weighted by molar-refractivity contribution is -0.143. The van der Waals surface area contributed by atoms with Gasteiger partial charge in [-0.25, -0.2) is 9.97 Å². The number of aromatic nitrogens is 2. The highest BCUT2D eigenvalue weighted by molar-refractivity contribution is 7.59. The van der Waals surface area contributed by atoms with Crippen molar-refractivity contribution in [1.29, 1.82) is 0 Å². The summed E-state index contributed by atoms with van der Waals surface area (Å²) in [5.74, 6) is 1.92. The molecule has 1 amide bonds. The van der Waals surface area contributed by atoms with Gasteiger partial charge in [-0.3, -0.25) is 18.9 Å². The van der Waals surface area contributed by atoms with Crippen LogP contribution in [0, 0.1) is 29.6 Å². The lowest BCUT2D eigenvalue weighted by Crippen LogP contribution is -2.45. The summed E-state index contributed by atoms with van der Waals surface area (Å²) in [6.07, 6.45) is 13.7. The predicted molar refractivity (Wildman–Crippen MR) is 252 cm³/mol. The molecule has 2 bridgehead atoms. The topological polar surface area (TPSA) is 148 Å². The third-order valence-electron chi connectivity index (χ3n) is 14.9. The Balaban J connectivity index is 1.04. The van der Waals surface area contributed by atoms with Gasteiger partial charge in [0, 0.05) is 60.5 Å². The van der Waals surface area contributed by atoms with Crippen LogP contribution < -0.4 is 14.8 Å². The Kier molecular flexibility index (Phi) is 13.2. The van der Waals surface area contributed by atoms with Crippen molar-refractivity contribution < 1.29 is 33.3 Å². The fraction of sp³-hybridized carbons (Fsp3) is 0.549. The number of Topliss-reactive ketones (excluding diaryl/α,β-unsaturated/α-hetero) is 2. The third-order valence-corrected chi connectivity index (χ3v) is 18.5. The van der Waals surface area contributed by atoms with Gasteiger partial charge in [0.2, 0.25) is 13.3 Å². The monoisotopic (exact) mass is 906 g/mol. The minimum Gasteiger partial charge on any atom is -0.497 e. The molecule has 340 valence electrons. The molecule has 64 heavy (non-hydrogen) atoms. The number of fused-ring (bicyclic) bond motifs is 5. The fourth-order valence-electron chi connectivity index (χ4n) is 11.5. The number of anilines is 1. The summed E-state index contributed by atoms with van der Waals surface area (Å²) in [5, 5.41) is 5.74. The standard InChI is InChI=1S/C51H63N4O7PS/c1-32(2)52-50-54-45(31-64-50)44-26-48(42-19-18-40(61-3)24-43(42)53-44)62-41-25-46-47(57)28-51(63(59,60)30-33-12-8-7-9-13-33)27-38(51)15-11-6-4-5-10-14-36(49(58)55(46)29-41)22-39(56)23-37-21-34-16-17-35(37)20-34/h7-9,11-13,15,18-19,24,26,31-32,34-38,41,46H,4-6,10,14,16-17,20-23,25,27-30H2,1-3H3,(H,52,54)(H,59,60)/b15-11-/t34?,35?,36?,37?,38-,41-,46+,51-/m1/s1. The molecule has 11 nitrogen and oxygen atoms in total. The van der Waals surface area contributed by atoms with Crippen molar-refractivity contribution in [3.8, 4) is 22.9 Å². The number of hydrogen-bond donors (Lipinski definition) is 2. The zero-order valence-corrected chi connectivity index (χ0v) is 39.2. The molecule has 4 fully saturated rings. The average molecular weight is 907 g/mol. The minimum atomic E-state index is -3.92. The smallest absolute Gasteiger partial charge is 0.226 e. The molecule has 13 heteroatoms. The normalized spacial score (nSPS) is 29.7. The Labute approximate surface area is 381 Å². The molecular formula is C51H63N4O7PS. The van der Waals surface area contributed by atoms with Crippen LogP contribution in [-0.4, -0.2) is 74.2 Å². The molecule has 0 spiro atoms. The second-order valence-corrected chi connectivity index (χ2v) is 23.2. The Morgan fingerprint density at radius 2 is 1.84 bits per heavy atom. The van der Waals surface area contributed by atoms with E-state index in [2.05, 4.69) is 31.3 Å². The number of methoxy groups -OCH3 is 1. The molecule has 5 unspecified atom stereocenters.